The molecule has 0 atom stereocenters. The fourth-order valence-electron chi connectivity index (χ4n) is 1.30. The Morgan fingerprint density at radius 3 is 2.92 bits per heavy atom. The molecule has 0 aliphatic carbocycles. The first-order valence-electron chi connectivity index (χ1n) is 3.84. The zero-order valence-electron chi connectivity index (χ0n) is 6.64. The minimum absolute atomic E-state index is 0.159. The molecule has 1 heterocycles. The number of ether oxygens (including phenoxy) is 1. The molecular formula is C9H6BrIO2. The van der Waals surface area contributed by atoms with Crippen LogP contribution in [-0.2, 0) is 0 Å². The number of carbonyl (C=O) groups excluding carboxylic acids is 1. The fraction of sp³-hybridized carbons (Fsp3) is 0.222. The quantitative estimate of drug-likeness (QED) is 0.671. The lowest BCUT2D eigenvalue weighted by molar-refractivity contribution is 0.0932. The summed E-state index contributed by atoms with van der Waals surface area (Å²) in [4.78, 5) is 11.5. The first-order valence-corrected chi connectivity index (χ1v) is 5.71. The molecule has 1 aromatic rings. The Hall–Kier alpha value is -0.100. The van der Waals surface area contributed by atoms with Gasteiger partial charge in [0.2, 0.25) is 0 Å². The number of rotatable bonds is 0. The van der Waals surface area contributed by atoms with Gasteiger partial charge >= 0.3 is 0 Å². The smallest absolute Gasteiger partial charge is 0.171 e. The Morgan fingerprint density at radius 2 is 2.23 bits per heavy atom. The van der Waals surface area contributed by atoms with Crippen LogP contribution >= 0.6 is 38.5 Å². The van der Waals surface area contributed by atoms with Crippen molar-refractivity contribution < 1.29 is 9.53 Å². The van der Waals surface area contributed by atoms with Crippen molar-refractivity contribution in [1.82, 2.24) is 0 Å². The van der Waals surface area contributed by atoms with E-state index in [0.29, 0.717) is 18.6 Å². The van der Waals surface area contributed by atoms with Gasteiger partial charge in [-0.05, 0) is 50.7 Å². The predicted molar refractivity (Wildman–Crippen MR) is 61.3 cm³/mol. The number of Topliss-reactive ketones (excluding diaryl/α,β-unsaturated/α-hetero) is 1. The Kier molecular flexibility index (Phi) is 2.60. The highest BCUT2D eigenvalue weighted by atomic mass is 127. The molecule has 0 aromatic heterocycles. The SMILES string of the molecule is O=C1CCOc2c(I)ccc(Br)c21. The number of hydrogen-bond acceptors (Lipinski definition) is 2. The van der Waals surface area contributed by atoms with E-state index in [9.17, 15) is 4.79 Å². The second-order valence-corrected chi connectivity index (χ2v) is 4.77. The molecule has 4 heteroatoms. The Balaban J connectivity index is 2.67. The second-order valence-electron chi connectivity index (χ2n) is 2.75. The van der Waals surface area contributed by atoms with Gasteiger partial charge in [0, 0.05) is 10.9 Å². The molecule has 1 aromatic carbocycles. The molecule has 13 heavy (non-hydrogen) atoms. The molecule has 0 fully saturated rings. The van der Waals surface area contributed by atoms with Crippen LogP contribution in [0.2, 0.25) is 0 Å². The lowest BCUT2D eigenvalue weighted by Crippen LogP contribution is -2.16. The standard InChI is InChI=1S/C9H6BrIO2/c10-5-1-2-6(11)9-8(5)7(12)3-4-13-9/h1-2H,3-4H2. The van der Waals surface area contributed by atoms with Gasteiger partial charge in [0.25, 0.3) is 0 Å². The fourth-order valence-corrected chi connectivity index (χ4v) is 2.44. The van der Waals surface area contributed by atoms with E-state index >= 15 is 0 Å². The van der Waals surface area contributed by atoms with Crippen molar-refractivity contribution >= 4 is 44.3 Å². The Morgan fingerprint density at radius 1 is 1.46 bits per heavy atom. The highest BCUT2D eigenvalue weighted by molar-refractivity contribution is 14.1. The summed E-state index contributed by atoms with van der Waals surface area (Å²) in [6.07, 6.45) is 0.478. The van der Waals surface area contributed by atoms with Crippen LogP contribution in [0.15, 0.2) is 16.6 Å². The third-order valence-corrected chi connectivity index (χ3v) is 3.42. The molecule has 0 spiro atoms. The molecule has 2 nitrogen and oxygen atoms in total. The van der Waals surface area contributed by atoms with Crippen molar-refractivity contribution in [1.29, 1.82) is 0 Å². The number of hydrogen-bond donors (Lipinski definition) is 0. The van der Waals surface area contributed by atoms with Crippen molar-refractivity contribution in [2.24, 2.45) is 0 Å². The lowest BCUT2D eigenvalue weighted by Gasteiger charge is -2.18. The number of halogens is 2. The first-order chi connectivity index (χ1) is 6.20. The molecule has 0 amide bonds. The van der Waals surface area contributed by atoms with Crippen molar-refractivity contribution in [2.45, 2.75) is 6.42 Å². The van der Waals surface area contributed by atoms with Gasteiger partial charge in [0.1, 0.15) is 5.75 Å². The normalized spacial score (nSPS) is 15.1. The second kappa shape index (κ2) is 3.57. The minimum Gasteiger partial charge on any atom is -0.491 e. The van der Waals surface area contributed by atoms with Crippen molar-refractivity contribution in [3.8, 4) is 5.75 Å². The maximum Gasteiger partial charge on any atom is 0.171 e. The summed E-state index contributed by atoms with van der Waals surface area (Å²) in [5.74, 6) is 0.887. The lowest BCUT2D eigenvalue weighted by atomic mass is 10.1. The van der Waals surface area contributed by atoms with E-state index in [0.717, 1.165) is 13.8 Å². The van der Waals surface area contributed by atoms with E-state index < -0.39 is 0 Å². The Labute approximate surface area is 97.9 Å². The minimum atomic E-state index is 0.159. The number of fused-ring (bicyclic) bond motifs is 1. The predicted octanol–water partition coefficient (Wildman–Crippen LogP) is 3.02. The van der Waals surface area contributed by atoms with Crippen LogP contribution in [-0.4, -0.2) is 12.4 Å². The van der Waals surface area contributed by atoms with Gasteiger partial charge in [-0.15, -0.1) is 0 Å². The third-order valence-electron chi connectivity index (χ3n) is 1.91. The molecular weight excluding hydrogens is 347 g/mol. The van der Waals surface area contributed by atoms with Crippen LogP contribution in [0.3, 0.4) is 0 Å². The van der Waals surface area contributed by atoms with Crippen LogP contribution in [0.1, 0.15) is 16.8 Å². The number of benzene rings is 1. The van der Waals surface area contributed by atoms with Gasteiger partial charge < -0.3 is 4.74 Å². The van der Waals surface area contributed by atoms with E-state index in [4.69, 9.17) is 4.74 Å². The van der Waals surface area contributed by atoms with Gasteiger partial charge in [0.15, 0.2) is 5.78 Å². The highest BCUT2D eigenvalue weighted by Crippen LogP contribution is 2.35. The van der Waals surface area contributed by atoms with Crippen LogP contribution in [0.25, 0.3) is 0 Å². The third kappa shape index (κ3) is 1.61. The van der Waals surface area contributed by atoms with E-state index in [1.165, 1.54) is 0 Å². The van der Waals surface area contributed by atoms with Crippen LogP contribution < -0.4 is 4.74 Å². The molecule has 0 bridgehead atoms. The topological polar surface area (TPSA) is 26.3 Å². The van der Waals surface area contributed by atoms with E-state index in [2.05, 4.69) is 38.5 Å². The summed E-state index contributed by atoms with van der Waals surface area (Å²) in [7, 11) is 0. The summed E-state index contributed by atoms with van der Waals surface area (Å²) < 4.78 is 7.26. The molecule has 1 aliphatic heterocycles. The van der Waals surface area contributed by atoms with E-state index in [-0.39, 0.29) is 5.78 Å². The van der Waals surface area contributed by atoms with E-state index in [1.54, 1.807) is 0 Å². The van der Waals surface area contributed by atoms with Gasteiger partial charge in [-0.3, -0.25) is 4.79 Å². The zero-order valence-corrected chi connectivity index (χ0v) is 10.4. The first kappa shape index (κ1) is 9.45. The summed E-state index contributed by atoms with van der Waals surface area (Å²) in [5, 5.41) is 0. The van der Waals surface area contributed by atoms with Gasteiger partial charge in [-0.1, -0.05) is 0 Å². The van der Waals surface area contributed by atoms with Gasteiger partial charge in [0.05, 0.1) is 15.7 Å². The molecule has 0 saturated heterocycles. The molecule has 68 valence electrons. The van der Waals surface area contributed by atoms with Crippen LogP contribution in [0.4, 0.5) is 0 Å². The highest BCUT2D eigenvalue weighted by Gasteiger charge is 2.23. The largest absolute Gasteiger partial charge is 0.491 e. The summed E-state index contributed by atoms with van der Waals surface area (Å²) in [5.41, 5.74) is 0.693. The van der Waals surface area contributed by atoms with Crippen molar-refractivity contribution in [3.05, 3.63) is 25.7 Å². The summed E-state index contributed by atoms with van der Waals surface area (Å²) in [6.45, 7) is 0.498. The summed E-state index contributed by atoms with van der Waals surface area (Å²) in [6, 6.07) is 3.81. The molecule has 0 radical (unpaired) electrons. The van der Waals surface area contributed by atoms with Crippen molar-refractivity contribution in [3.63, 3.8) is 0 Å². The zero-order chi connectivity index (χ0) is 9.42. The van der Waals surface area contributed by atoms with E-state index in [1.807, 2.05) is 12.1 Å². The molecule has 0 unspecified atom stereocenters. The van der Waals surface area contributed by atoms with Crippen molar-refractivity contribution in [2.75, 3.05) is 6.61 Å². The molecule has 2 rings (SSSR count). The molecule has 0 N–H and O–H groups in total. The van der Waals surface area contributed by atoms with Gasteiger partial charge in [-0.2, -0.15) is 0 Å². The number of carbonyl (C=O) groups is 1. The monoisotopic (exact) mass is 352 g/mol. The number of ketones is 1. The average Bonchev–Trinajstić information content (AvgIpc) is 2.12. The van der Waals surface area contributed by atoms with Crippen LogP contribution in [0, 0.1) is 3.57 Å². The summed E-state index contributed by atoms with van der Waals surface area (Å²) >= 11 is 5.52. The average molecular weight is 353 g/mol. The molecule has 0 saturated carbocycles. The molecule has 1 aliphatic rings. The Bertz CT molecular complexity index is 376. The van der Waals surface area contributed by atoms with Crippen LogP contribution in [0.5, 0.6) is 5.75 Å². The van der Waals surface area contributed by atoms with Gasteiger partial charge in [-0.25, -0.2) is 0 Å². The maximum atomic E-state index is 11.5. The maximum absolute atomic E-state index is 11.5.